The summed E-state index contributed by atoms with van der Waals surface area (Å²) in [5.41, 5.74) is 0. The Labute approximate surface area is 70.6 Å². The molecule has 4 heavy (non-hydrogen) atoms. The fraction of sp³-hybridized carbons (Fsp3) is 0. The summed E-state index contributed by atoms with van der Waals surface area (Å²) in [7, 11) is 0. The smallest absolute Gasteiger partial charge is 0 e. The molecule has 0 unspecified atom stereocenters. The molecule has 0 amide bonds. The molecule has 23 valence electrons. The maximum Gasteiger partial charge on any atom is 0 e. The molecular weight excluding hydrogens is 172 g/mol. The third-order valence-electron chi connectivity index (χ3n) is 0. The summed E-state index contributed by atoms with van der Waals surface area (Å²) in [5, 5.41) is 0. The van der Waals surface area contributed by atoms with Crippen molar-refractivity contribution in [3.8, 4) is 0 Å². The quantitative estimate of drug-likeness (QED) is 0.426. The predicted octanol–water partition coefficient (Wildman–Crippen LogP) is -0.656. The molecule has 0 aliphatic heterocycles. The van der Waals surface area contributed by atoms with Gasteiger partial charge < -0.3 is 0 Å². The normalized spacial score (nSPS) is 0. The van der Waals surface area contributed by atoms with Crippen LogP contribution in [0.2, 0.25) is 0 Å². The van der Waals surface area contributed by atoms with Crippen LogP contribution in [-0.2, 0) is 52.4 Å². The minimum absolute atomic E-state index is 0. The molecule has 0 bridgehead atoms. The average molecular weight is 173 g/mol. The van der Waals surface area contributed by atoms with Gasteiger partial charge in [0.1, 0.15) is 0 Å². The van der Waals surface area contributed by atoms with Crippen molar-refractivity contribution >= 4 is 18.9 Å². The van der Waals surface area contributed by atoms with Crippen LogP contribution >= 0.6 is 0 Å². The first-order valence-electron chi connectivity index (χ1n) is 0. The van der Waals surface area contributed by atoms with Crippen LogP contribution in [0.3, 0.4) is 0 Å². The van der Waals surface area contributed by atoms with Crippen LogP contribution in [0.25, 0.3) is 0 Å². The van der Waals surface area contributed by atoms with E-state index >= 15 is 0 Å². The van der Waals surface area contributed by atoms with Gasteiger partial charge in [-0.15, -0.1) is 0 Å². The molecule has 0 aromatic heterocycles. The van der Waals surface area contributed by atoms with Crippen LogP contribution in [0.4, 0.5) is 0 Å². The van der Waals surface area contributed by atoms with Gasteiger partial charge in [0.15, 0.2) is 0 Å². The van der Waals surface area contributed by atoms with E-state index in [1.807, 2.05) is 0 Å². The number of hydrogen-bond acceptors (Lipinski definition) is 0. The summed E-state index contributed by atoms with van der Waals surface area (Å²) < 4.78 is 0. The van der Waals surface area contributed by atoms with Crippen LogP contribution in [0, 0.1) is 0 Å². The minimum atomic E-state index is 0. The molecule has 0 aliphatic rings. The van der Waals surface area contributed by atoms with E-state index in [0.29, 0.717) is 0 Å². The van der Waals surface area contributed by atoms with E-state index in [4.69, 9.17) is 0 Å². The molecule has 4 heteroatoms. The van der Waals surface area contributed by atoms with Gasteiger partial charge in [-0.3, -0.25) is 0 Å². The van der Waals surface area contributed by atoms with Crippen molar-refractivity contribution in [1.82, 2.24) is 0 Å². The Morgan fingerprint density at radius 1 is 1.00 bits per heavy atom. The topological polar surface area (TPSA) is 0 Å². The first-order valence-corrected chi connectivity index (χ1v) is 0. The van der Waals surface area contributed by atoms with Crippen molar-refractivity contribution in [2.45, 2.75) is 0 Å². The fourth-order valence-electron chi connectivity index (χ4n) is 0. The SMILES string of the molecule is [Co].[LiH].[Mn].[V]. The van der Waals surface area contributed by atoms with Gasteiger partial charge in [-0.1, -0.05) is 0 Å². The minimum Gasteiger partial charge on any atom is 0 e. The molecule has 0 aliphatic carbocycles. The van der Waals surface area contributed by atoms with Crippen LogP contribution in [0.15, 0.2) is 0 Å². The van der Waals surface area contributed by atoms with Crippen molar-refractivity contribution < 1.29 is 52.4 Å². The summed E-state index contributed by atoms with van der Waals surface area (Å²) in [5.74, 6) is 0. The molecule has 0 atom stereocenters. The van der Waals surface area contributed by atoms with Gasteiger partial charge in [-0.2, -0.15) is 0 Å². The third kappa shape index (κ3) is 8.88. The molecule has 3 radical (unpaired) electrons. The number of hydrogen-bond donors (Lipinski definition) is 0. The van der Waals surface area contributed by atoms with E-state index in [1.54, 1.807) is 0 Å². The first-order chi connectivity index (χ1) is 0. The molecule has 0 spiro atoms. The molecule has 0 saturated carbocycles. The maximum atomic E-state index is 0. The Balaban J connectivity index is 0. The zero-order valence-corrected chi connectivity index (χ0v) is 4.78. The molecule has 0 aromatic rings. The summed E-state index contributed by atoms with van der Waals surface area (Å²) >= 11 is 0. The van der Waals surface area contributed by atoms with Crippen molar-refractivity contribution in [3.05, 3.63) is 0 Å². The molecular formula is HCoLiMnV. The monoisotopic (exact) mass is 173 g/mol. The zero-order valence-electron chi connectivity index (χ0n) is 1.16. The molecule has 0 aromatic carbocycles. The third-order valence-corrected chi connectivity index (χ3v) is 0. The van der Waals surface area contributed by atoms with Crippen LogP contribution < -0.4 is 0 Å². The molecule has 0 saturated heterocycles. The van der Waals surface area contributed by atoms with Crippen molar-refractivity contribution in [3.63, 3.8) is 0 Å². The molecule has 0 fully saturated rings. The van der Waals surface area contributed by atoms with Gasteiger partial charge >= 0.3 is 18.9 Å². The van der Waals surface area contributed by atoms with Gasteiger partial charge in [0.25, 0.3) is 0 Å². The van der Waals surface area contributed by atoms with E-state index in [0.717, 1.165) is 0 Å². The predicted molar refractivity (Wildman–Crippen MR) is 7.15 cm³/mol. The second-order valence-electron chi connectivity index (χ2n) is 0. The van der Waals surface area contributed by atoms with Crippen LogP contribution in [0.5, 0.6) is 0 Å². The molecule has 0 heterocycles. The van der Waals surface area contributed by atoms with E-state index in [1.165, 1.54) is 0 Å². The summed E-state index contributed by atoms with van der Waals surface area (Å²) in [4.78, 5) is 0. The fourth-order valence-corrected chi connectivity index (χ4v) is 0. The molecule has 0 nitrogen and oxygen atoms in total. The Bertz CT molecular complexity index is 8.00. The van der Waals surface area contributed by atoms with Crippen molar-refractivity contribution in [2.24, 2.45) is 0 Å². The zero-order chi connectivity index (χ0) is 0. The van der Waals surface area contributed by atoms with Crippen LogP contribution in [0.1, 0.15) is 0 Å². The van der Waals surface area contributed by atoms with Gasteiger partial charge in [-0.05, 0) is 0 Å². The van der Waals surface area contributed by atoms with Gasteiger partial charge in [0.2, 0.25) is 0 Å². The standard InChI is InChI=1S/Co.Li.Mn.V.H. The Morgan fingerprint density at radius 2 is 1.00 bits per heavy atom. The van der Waals surface area contributed by atoms with Crippen molar-refractivity contribution in [1.29, 1.82) is 0 Å². The Hall–Kier alpha value is 2.21. The van der Waals surface area contributed by atoms with Crippen LogP contribution in [-0.4, -0.2) is 18.9 Å². The second-order valence-corrected chi connectivity index (χ2v) is 0. The largest absolute Gasteiger partial charge is 0 e. The van der Waals surface area contributed by atoms with Gasteiger partial charge in [0.05, 0.1) is 0 Å². The van der Waals surface area contributed by atoms with E-state index in [9.17, 15) is 0 Å². The average Bonchev–Trinajstić information content (AvgIpc) is 0. The Morgan fingerprint density at radius 3 is 1.00 bits per heavy atom. The van der Waals surface area contributed by atoms with E-state index < -0.39 is 0 Å². The molecule has 0 N–H and O–H groups in total. The first kappa shape index (κ1) is 34.5. The molecule has 0 rings (SSSR count). The summed E-state index contributed by atoms with van der Waals surface area (Å²) in [6, 6.07) is 0. The van der Waals surface area contributed by atoms with E-state index in [2.05, 4.69) is 0 Å². The van der Waals surface area contributed by atoms with E-state index in [-0.39, 0.29) is 71.3 Å². The summed E-state index contributed by atoms with van der Waals surface area (Å²) in [6.07, 6.45) is 0. The van der Waals surface area contributed by atoms with Gasteiger partial charge in [-0.25, -0.2) is 0 Å². The second kappa shape index (κ2) is 18.9. The Kier molecular flexibility index (Phi) is 163. The number of rotatable bonds is 0. The summed E-state index contributed by atoms with van der Waals surface area (Å²) in [6.45, 7) is 0. The van der Waals surface area contributed by atoms with Gasteiger partial charge in [0, 0.05) is 52.4 Å². The maximum absolute atomic E-state index is 0. The van der Waals surface area contributed by atoms with Crippen molar-refractivity contribution in [2.75, 3.05) is 0 Å².